The Morgan fingerprint density at radius 1 is 1.11 bits per heavy atom. The van der Waals surface area contributed by atoms with Gasteiger partial charge >= 0.3 is 0 Å². The minimum Gasteiger partial charge on any atom is -0.0891 e. The molecule has 9 heavy (non-hydrogen) atoms. The van der Waals surface area contributed by atoms with Gasteiger partial charge in [0.15, 0.2) is 0 Å². The van der Waals surface area contributed by atoms with Gasteiger partial charge in [0.2, 0.25) is 0 Å². The normalized spacial score (nSPS) is 32.8. The van der Waals surface area contributed by atoms with Crippen LogP contribution in [0.1, 0.15) is 32.1 Å². The minimum absolute atomic E-state index is 0.780. The van der Waals surface area contributed by atoms with Crippen molar-refractivity contribution in [3.8, 4) is 0 Å². The highest BCUT2D eigenvalue weighted by atomic mass is 79.9. The Balaban J connectivity index is 2.27. The van der Waals surface area contributed by atoms with E-state index in [1.165, 1.54) is 32.1 Å². The van der Waals surface area contributed by atoms with Crippen LogP contribution in [0.25, 0.3) is 0 Å². The van der Waals surface area contributed by atoms with E-state index < -0.39 is 0 Å². The number of hydrogen-bond donors (Lipinski definition) is 0. The molecule has 1 aliphatic carbocycles. The average Bonchev–Trinajstić information content (AvgIpc) is 1.79. The van der Waals surface area contributed by atoms with Gasteiger partial charge in [-0.3, -0.25) is 0 Å². The van der Waals surface area contributed by atoms with Crippen LogP contribution in [0.5, 0.6) is 0 Å². The molecular formula is C8H13Br. The second-order valence-corrected chi connectivity index (χ2v) is 3.87. The molecule has 1 rings (SSSR count). The highest BCUT2D eigenvalue weighted by Crippen LogP contribution is 2.18. The van der Waals surface area contributed by atoms with Gasteiger partial charge in [-0.1, -0.05) is 28.1 Å². The third-order valence-electron chi connectivity index (χ3n) is 1.70. The molecule has 1 heteroatoms. The van der Waals surface area contributed by atoms with E-state index in [1.54, 1.807) is 0 Å². The molecule has 52 valence electrons. The van der Waals surface area contributed by atoms with E-state index >= 15 is 0 Å². The van der Waals surface area contributed by atoms with Crippen LogP contribution < -0.4 is 0 Å². The quantitative estimate of drug-likeness (QED) is 0.405. The zero-order valence-corrected chi connectivity index (χ0v) is 7.23. The highest BCUT2D eigenvalue weighted by molar-refractivity contribution is 9.09. The lowest BCUT2D eigenvalue weighted by molar-refractivity contribution is 0.661. The summed E-state index contributed by atoms with van der Waals surface area (Å²) >= 11 is 3.64. The van der Waals surface area contributed by atoms with Gasteiger partial charge in [-0.15, -0.1) is 0 Å². The summed E-state index contributed by atoms with van der Waals surface area (Å²) in [6, 6.07) is 0. The topological polar surface area (TPSA) is 0 Å². The van der Waals surface area contributed by atoms with Crippen LogP contribution in [0.4, 0.5) is 0 Å². The third kappa shape index (κ3) is 3.04. The number of alkyl halides is 1. The molecule has 0 bridgehead atoms. The Hall–Kier alpha value is 0.220. The van der Waals surface area contributed by atoms with Crippen LogP contribution in [-0.2, 0) is 0 Å². The zero-order valence-electron chi connectivity index (χ0n) is 5.65. The van der Waals surface area contributed by atoms with Crippen LogP contribution in [0.15, 0.2) is 12.2 Å². The molecule has 1 aliphatic rings. The maximum atomic E-state index is 3.64. The zero-order chi connectivity index (χ0) is 6.53. The summed E-state index contributed by atoms with van der Waals surface area (Å²) in [6.45, 7) is 0. The molecule has 0 saturated carbocycles. The van der Waals surface area contributed by atoms with Gasteiger partial charge in [0.25, 0.3) is 0 Å². The standard InChI is InChI=1S/C8H13Br/c9-8-6-4-2-1-3-5-7-8/h1-2,8H,3-7H2/b2-1-/t8-/m0/s1. The molecule has 0 heterocycles. The molecule has 0 saturated heterocycles. The molecule has 0 fully saturated rings. The first-order chi connectivity index (χ1) is 4.39. The molecule has 1 atom stereocenters. The fourth-order valence-electron chi connectivity index (χ4n) is 1.11. The SMILES string of the molecule is Br[C@H]1CC/C=C\CCC1. The van der Waals surface area contributed by atoms with Crippen molar-refractivity contribution < 1.29 is 0 Å². The molecule has 0 aromatic carbocycles. The maximum absolute atomic E-state index is 3.64. The minimum atomic E-state index is 0.780. The van der Waals surface area contributed by atoms with Gasteiger partial charge in [0.1, 0.15) is 0 Å². The predicted molar refractivity (Wildman–Crippen MR) is 44.9 cm³/mol. The third-order valence-corrected chi connectivity index (χ3v) is 2.62. The first-order valence-corrected chi connectivity index (χ1v) is 4.60. The van der Waals surface area contributed by atoms with E-state index in [0.717, 1.165) is 4.83 Å². The van der Waals surface area contributed by atoms with Gasteiger partial charge < -0.3 is 0 Å². The van der Waals surface area contributed by atoms with Crippen molar-refractivity contribution in [1.82, 2.24) is 0 Å². The van der Waals surface area contributed by atoms with Gasteiger partial charge in [-0.2, -0.15) is 0 Å². The number of halogens is 1. The monoisotopic (exact) mass is 188 g/mol. The van der Waals surface area contributed by atoms with E-state index in [4.69, 9.17) is 0 Å². The average molecular weight is 189 g/mol. The van der Waals surface area contributed by atoms with Crippen molar-refractivity contribution in [2.45, 2.75) is 36.9 Å². The smallest absolute Gasteiger partial charge is 0.0148 e. The summed E-state index contributed by atoms with van der Waals surface area (Å²) in [5, 5.41) is 0. The van der Waals surface area contributed by atoms with Crippen LogP contribution in [0.3, 0.4) is 0 Å². The lowest BCUT2D eigenvalue weighted by atomic mass is 10.1. The van der Waals surface area contributed by atoms with Gasteiger partial charge in [-0.05, 0) is 32.1 Å². The van der Waals surface area contributed by atoms with Crippen molar-refractivity contribution >= 4 is 15.9 Å². The number of rotatable bonds is 0. The molecule has 0 unspecified atom stereocenters. The first kappa shape index (κ1) is 7.33. The Morgan fingerprint density at radius 2 is 1.89 bits per heavy atom. The van der Waals surface area contributed by atoms with Crippen LogP contribution >= 0.6 is 15.9 Å². The number of hydrogen-bond acceptors (Lipinski definition) is 0. The van der Waals surface area contributed by atoms with E-state index in [1.807, 2.05) is 0 Å². The van der Waals surface area contributed by atoms with E-state index in [9.17, 15) is 0 Å². The Kier molecular flexibility index (Phi) is 3.34. The van der Waals surface area contributed by atoms with Crippen LogP contribution in [-0.4, -0.2) is 4.83 Å². The molecule has 0 nitrogen and oxygen atoms in total. The van der Waals surface area contributed by atoms with Crippen molar-refractivity contribution in [2.24, 2.45) is 0 Å². The van der Waals surface area contributed by atoms with Crippen molar-refractivity contribution in [2.75, 3.05) is 0 Å². The molecule has 0 amide bonds. The lowest BCUT2D eigenvalue weighted by Crippen LogP contribution is -1.97. The molecule has 0 aliphatic heterocycles. The van der Waals surface area contributed by atoms with E-state index in [0.29, 0.717) is 0 Å². The number of allylic oxidation sites excluding steroid dienone is 2. The summed E-state index contributed by atoms with van der Waals surface area (Å²) in [5.41, 5.74) is 0. The molecular weight excluding hydrogens is 176 g/mol. The molecule has 0 N–H and O–H groups in total. The fourth-order valence-corrected chi connectivity index (χ4v) is 1.70. The summed E-state index contributed by atoms with van der Waals surface area (Å²) in [5.74, 6) is 0. The predicted octanol–water partition coefficient (Wildman–Crippen LogP) is 3.27. The van der Waals surface area contributed by atoms with Crippen molar-refractivity contribution in [3.63, 3.8) is 0 Å². The fraction of sp³-hybridized carbons (Fsp3) is 0.750. The van der Waals surface area contributed by atoms with Gasteiger partial charge in [-0.25, -0.2) is 0 Å². The summed E-state index contributed by atoms with van der Waals surface area (Å²) in [7, 11) is 0. The summed E-state index contributed by atoms with van der Waals surface area (Å²) in [6.07, 6.45) is 11.2. The van der Waals surface area contributed by atoms with Crippen molar-refractivity contribution in [1.29, 1.82) is 0 Å². The van der Waals surface area contributed by atoms with Crippen LogP contribution in [0.2, 0.25) is 0 Å². The highest BCUT2D eigenvalue weighted by Gasteiger charge is 2.02. The van der Waals surface area contributed by atoms with E-state index in [-0.39, 0.29) is 0 Å². The molecule has 0 aromatic rings. The Bertz CT molecular complexity index is 96.7. The van der Waals surface area contributed by atoms with Crippen molar-refractivity contribution in [3.05, 3.63) is 12.2 Å². The van der Waals surface area contributed by atoms with E-state index in [2.05, 4.69) is 28.1 Å². The first-order valence-electron chi connectivity index (χ1n) is 3.68. The molecule has 0 radical (unpaired) electrons. The van der Waals surface area contributed by atoms with Gasteiger partial charge in [0.05, 0.1) is 0 Å². The lowest BCUT2D eigenvalue weighted by Gasteiger charge is -2.08. The maximum Gasteiger partial charge on any atom is 0.0148 e. The molecule has 0 spiro atoms. The Labute approximate surface area is 65.5 Å². The van der Waals surface area contributed by atoms with Crippen LogP contribution in [0, 0.1) is 0 Å². The molecule has 0 aromatic heterocycles. The summed E-state index contributed by atoms with van der Waals surface area (Å²) in [4.78, 5) is 0.780. The van der Waals surface area contributed by atoms with Gasteiger partial charge in [0, 0.05) is 4.83 Å². The summed E-state index contributed by atoms with van der Waals surface area (Å²) < 4.78 is 0. The second kappa shape index (κ2) is 4.10. The second-order valence-electron chi connectivity index (χ2n) is 2.58. The Morgan fingerprint density at radius 3 is 2.78 bits per heavy atom. The largest absolute Gasteiger partial charge is 0.0891 e.